The van der Waals surface area contributed by atoms with Crippen LogP contribution in [0.5, 0.6) is 0 Å². The summed E-state index contributed by atoms with van der Waals surface area (Å²) in [6.45, 7) is 16.4. The van der Waals surface area contributed by atoms with Gasteiger partial charge in [0.1, 0.15) is 0 Å². The van der Waals surface area contributed by atoms with Gasteiger partial charge in [-0.1, -0.05) is 89.6 Å². The molecule has 0 saturated carbocycles. The SMILES string of the molecule is Cc1ccc2c(c1)C(C)(C)c1cc3c(cc1-2)C(C)(C)c1cc2c(cc1-3)C(C)(C)c1cc(C#N)c3ccccc3c1-2. The Morgan fingerprint density at radius 2 is 0.975 bits per heavy atom. The van der Waals surface area contributed by atoms with Crippen molar-refractivity contribution in [3.8, 4) is 39.4 Å². The van der Waals surface area contributed by atoms with E-state index in [1.807, 2.05) is 6.07 Å². The van der Waals surface area contributed by atoms with Crippen molar-refractivity contribution in [3.63, 3.8) is 0 Å². The lowest BCUT2D eigenvalue weighted by Gasteiger charge is -2.24. The molecular formula is C39H33N. The average Bonchev–Trinajstić information content (AvgIpc) is 3.39. The molecule has 0 aromatic heterocycles. The van der Waals surface area contributed by atoms with Gasteiger partial charge in [0.15, 0.2) is 0 Å². The molecule has 0 atom stereocenters. The van der Waals surface area contributed by atoms with E-state index in [1.54, 1.807) is 0 Å². The Morgan fingerprint density at radius 1 is 0.500 bits per heavy atom. The third-order valence-corrected chi connectivity index (χ3v) is 10.5. The van der Waals surface area contributed by atoms with Gasteiger partial charge in [-0.15, -0.1) is 0 Å². The zero-order chi connectivity index (χ0) is 27.9. The Morgan fingerprint density at radius 3 is 1.57 bits per heavy atom. The largest absolute Gasteiger partial charge is 0.192 e. The minimum absolute atomic E-state index is 0.0303. The van der Waals surface area contributed by atoms with Crippen LogP contribution >= 0.6 is 0 Å². The predicted octanol–water partition coefficient (Wildman–Crippen LogP) is 9.94. The summed E-state index contributed by atoms with van der Waals surface area (Å²) < 4.78 is 0. The Bertz CT molecular complexity index is 2040. The van der Waals surface area contributed by atoms with Gasteiger partial charge in [-0.3, -0.25) is 0 Å². The van der Waals surface area contributed by atoms with Gasteiger partial charge in [-0.2, -0.15) is 5.26 Å². The summed E-state index contributed by atoms with van der Waals surface area (Å²) in [5, 5.41) is 12.2. The first kappa shape index (κ1) is 23.7. The highest BCUT2D eigenvalue weighted by atomic mass is 14.5. The van der Waals surface area contributed by atoms with Crippen LogP contribution in [-0.4, -0.2) is 0 Å². The Balaban J connectivity index is 1.41. The molecule has 3 aliphatic rings. The van der Waals surface area contributed by atoms with Crippen molar-refractivity contribution in [2.24, 2.45) is 0 Å². The summed E-state index contributed by atoms with van der Waals surface area (Å²) in [4.78, 5) is 0. The maximum atomic E-state index is 10.0. The standard InChI is InChI=1S/C39H33N/c1-21-12-13-24-26-16-32-27(17-31(26)37(2,3)30(24)14-21)28-18-34-29(19-33(28)38(32,4)5)36-25-11-9-8-10-23(25)22(20-40)15-35(36)39(34,6)7/h8-19H,1-7H3. The highest BCUT2D eigenvalue weighted by Gasteiger charge is 2.45. The molecule has 194 valence electrons. The van der Waals surface area contributed by atoms with E-state index >= 15 is 0 Å². The fraction of sp³-hybridized carbons (Fsp3) is 0.256. The number of fused-ring (bicyclic) bond motifs is 11. The van der Waals surface area contributed by atoms with E-state index in [0.717, 1.165) is 10.9 Å². The second kappa shape index (κ2) is 7.13. The molecule has 0 spiro atoms. The maximum Gasteiger partial charge on any atom is 0.0998 e. The number of rotatable bonds is 0. The first-order valence-electron chi connectivity index (χ1n) is 14.4. The zero-order valence-electron chi connectivity index (χ0n) is 24.4. The van der Waals surface area contributed by atoms with Crippen LogP contribution in [0.15, 0.2) is 72.8 Å². The first-order valence-corrected chi connectivity index (χ1v) is 14.4. The maximum absolute atomic E-state index is 10.0. The fourth-order valence-corrected chi connectivity index (χ4v) is 8.24. The van der Waals surface area contributed by atoms with Gasteiger partial charge in [0.2, 0.25) is 0 Å². The van der Waals surface area contributed by atoms with E-state index in [9.17, 15) is 5.26 Å². The summed E-state index contributed by atoms with van der Waals surface area (Å²) in [5.74, 6) is 0. The van der Waals surface area contributed by atoms with Crippen LogP contribution in [0.25, 0.3) is 44.2 Å². The zero-order valence-corrected chi connectivity index (χ0v) is 24.4. The van der Waals surface area contributed by atoms with Crippen LogP contribution in [0.2, 0.25) is 0 Å². The second-order valence-electron chi connectivity index (χ2n) is 13.8. The van der Waals surface area contributed by atoms with Crippen molar-refractivity contribution >= 4 is 10.8 Å². The lowest BCUT2D eigenvalue weighted by atomic mass is 9.78. The van der Waals surface area contributed by atoms with E-state index in [1.165, 1.54) is 77.7 Å². The molecule has 0 heterocycles. The second-order valence-corrected chi connectivity index (χ2v) is 13.8. The molecule has 40 heavy (non-hydrogen) atoms. The number of aryl methyl sites for hydroxylation is 1. The van der Waals surface area contributed by atoms with Crippen LogP contribution in [0, 0.1) is 18.3 Å². The molecule has 0 N–H and O–H groups in total. The van der Waals surface area contributed by atoms with E-state index in [0.29, 0.717) is 0 Å². The van der Waals surface area contributed by atoms with Crippen LogP contribution < -0.4 is 0 Å². The molecule has 5 aromatic rings. The van der Waals surface area contributed by atoms with Gasteiger partial charge >= 0.3 is 0 Å². The highest BCUT2D eigenvalue weighted by Crippen LogP contribution is 2.60. The molecule has 0 unspecified atom stereocenters. The van der Waals surface area contributed by atoms with Crippen molar-refractivity contribution < 1.29 is 0 Å². The van der Waals surface area contributed by atoms with E-state index < -0.39 is 0 Å². The van der Waals surface area contributed by atoms with Crippen LogP contribution in [0.4, 0.5) is 0 Å². The number of nitrogens with zero attached hydrogens (tertiary/aromatic N) is 1. The fourth-order valence-electron chi connectivity index (χ4n) is 8.24. The minimum atomic E-state index is -0.189. The smallest absolute Gasteiger partial charge is 0.0998 e. The lowest BCUT2D eigenvalue weighted by molar-refractivity contribution is 0.649. The van der Waals surface area contributed by atoms with Gasteiger partial charge in [-0.05, 0) is 109 Å². The molecule has 0 amide bonds. The van der Waals surface area contributed by atoms with Crippen molar-refractivity contribution in [1.29, 1.82) is 5.26 Å². The number of hydrogen-bond donors (Lipinski definition) is 0. The Labute approximate surface area is 237 Å². The Kier molecular flexibility index (Phi) is 4.23. The Hall–Kier alpha value is -4.15. The van der Waals surface area contributed by atoms with Crippen molar-refractivity contribution in [2.45, 2.75) is 64.7 Å². The predicted molar refractivity (Wildman–Crippen MR) is 166 cm³/mol. The molecule has 1 heteroatoms. The van der Waals surface area contributed by atoms with Crippen molar-refractivity contribution in [2.75, 3.05) is 0 Å². The molecule has 0 saturated heterocycles. The number of nitriles is 1. The van der Waals surface area contributed by atoms with Gasteiger partial charge in [0.05, 0.1) is 11.6 Å². The monoisotopic (exact) mass is 515 g/mol. The van der Waals surface area contributed by atoms with Crippen LogP contribution in [0.3, 0.4) is 0 Å². The molecule has 1 nitrogen and oxygen atoms in total. The molecule has 5 aromatic carbocycles. The number of benzene rings is 5. The van der Waals surface area contributed by atoms with Gasteiger partial charge in [-0.25, -0.2) is 0 Å². The van der Waals surface area contributed by atoms with Gasteiger partial charge in [0, 0.05) is 21.6 Å². The molecular weight excluding hydrogens is 482 g/mol. The normalized spacial score (nSPS) is 17.4. The van der Waals surface area contributed by atoms with Crippen molar-refractivity contribution in [3.05, 3.63) is 117 Å². The van der Waals surface area contributed by atoms with Crippen LogP contribution in [-0.2, 0) is 16.2 Å². The lowest BCUT2D eigenvalue weighted by Crippen LogP contribution is -2.17. The summed E-state index contributed by atoms with van der Waals surface area (Å²) in [5.41, 5.74) is 18.3. The molecule has 0 fully saturated rings. The molecule has 8 rings (SSSR count). The quantitative estimate of drug-likeness (QED) is 0.201. The minimum Gasteiger partial charge on any atom is -0.192 e. The molecule has 0 aliphatic heterocycles. The molecule has 0 bridgehead atoms. The van der Waals surface area contributed by atoms with Gasteiger partial charge < -0.3 is 0 Å². The van der Waals surface area contributed by atoms with Gasteiger partial charge in [0.25, 0.3) is 0 Å². The summed E-state index contributed by atoms with van der Waals surface area (Å²) in [6.07, 6.45) is 0. The third-order valence-electron chi connectivity index (χ3n) is 10.5. The average molecular weight is 516 g/mol. The molecule has 3 aliphatic carbocycles. The van der Waals surface area contributed by atoms with E-state index in [4.69, 9.17) is 0 Å². The summed E-state index contributed by atoms with van der Waals surface area (Å²) >= 11 is 0. The highest BCUT2D eigenvalue weighted by molar-refractivity contribution is 6.06. The topological polar surface area (TPSA) is 23.8 Å². The van der Waals surface area contributed by atoms with Crippen LogP contribution in [0.1, 0.15) is 86.1 Å². The summed E-state index contributed by atoms with van der Waals surface area (Å²) in [7, 11) is 0. The third kappa shape index (κ3) is 2.63. The van der Waals surface area contributed by atoms with Crippen molar-refractivity contribution in [1.82, 2.24) is 0 Å². The van der Waals surface area contributed by atoms with E-state index in [-0.39, 0.29) is 16.2 Å². The first-order chi connectivity index (χ1) is 19.0. The summed E-state index contributed by atoms with van der Waals surface area (Å²) in [6, 6.07) is 30.0. The number of hydrogen-bond acceptors (Lipinski definition) is 1. The molecule has 0 radical (unpaired) electrons. The van der Waals surface area contributed by atoms with E-state index in [2.05, 4.69) is 121 Å².